The Morgan fingerprint density at radius 3 is 2.38 bits per heavy atom. The summed E-state index contributed by atoms with van der Waals surface area (Å²) in [6.45, 7) is 4.85. The smallest absolute Gasteiger partial charge is 0.418 e. The molecule has 0 unspecified atom stereocenters. The third-order valence-corrected chi connectivity index (χ3v) is 3.78. The van der Waals surface area contributed by atoms with E-state index in [4.69, 9.17) is 4.42 Å². The Bertz CT molecular complexity index is 812. The summed E-state index contributed by atoms with van der Waals surface area (Å²) < 4.78 is 44.3. The summed E-state index contributed by atoms with van der Waals surface area (Å²) in [5, 5.41) is 2.23. The second-order valence-electron chi connectivity index (χ2n) is 5.74. The maximum Gasteiger partial charge on any atom is 0.418 e. The van der Waals surface area contributed by atoms with Gasteiger partial charge in [-0.2, -0.15) is 13.2 Å². The summed E-state index contributed by atoms with van der Waals surface area (Å²) in [6, 6.07) is 6.26. The van der Waals surface area contributed by atoms with E-state index in [1.165, 1.54) is 23.1 Å². The minimum Gasteiger partial charge on any atom is -0.466 e. The molecule has 5 nitrogen and oxygen atoms in total. The molecule has 1 heterocycles. The zero-order valence-electron chi connectivity index (χ0n) is 14.6. The summed E-state index contributed by atoms with van der Waals surface area (Å²) in [5.74, 6) is -0.143. The molecule has 0 fully saturated rings. The van der Waals surface area contributed by atoms with Crippen LogP contribution in [0.25, 0.3) is 0 Å². The highest BCUT2D eigenvalue weighted by molar-refractivity contribution is 6.00. The molecule has 140 valence electrons. The van der Waals surface area contributed by atoms with E-state index >= 15 is 0 Å². The third kappa shape index (κ3) is 4.44. The van der Waals surface area contributed by atoms with E-state index in [9.17, 15) is 22.8 Å². The van der Waals surface area contributed by atoms with Gasteiger partial charge in [-0.1, -0.05) is 12.1 Å². The van der Waals surface area contributed by atoms with Crippen molar-refractivity contribution in [1.29, 1.82) is 0 Å². The fraction of sp³-hybridized carbons (Fsp3) is 0.333. The average molecular weight is 368 g/mol. The molecule has 2 amide bonds. The number of rotatable bonds is 5. The number of aryl methyl sites for hydroxylation is 2. The number of nitrogens with one attached hydrogen (secondary N) is 1. The van der Waals surface area contributed by atoms with Gasteiger partial charge in [-0.05, 0) is 39.0 Å². The topological polar surface area (TPSA) is 62.6 Å². The minimum absolute atomic E-state index is 0.219. The van der Waals surface area contributed by atoms with Gasteiger partial charge in [0.2, 0.25) is 5.91 Å². The lowest BCUT2D eigenvalue weighted by molar-refractivity contribution is -0.137. The first kappa shape index (κ1) is 19.6. The monoisotopic (exact) mass is 368 g/mol. The van der Waals surface area contributed by atoms with Crippen LogP contribution in [0.1, 0.15) is 34.4 Å². The van der Waals surface area contributed by atoms with Crippen LogP contribution < -0.4 is 5.32 Å². The van der Waals surface area contributed by atoms with E-state index in [0.29, 0.717) is 17.1 Å². The van der Waals surface area contributed by atoms with Gasteiger partial charge in [0.1, 0.15) is 18.1 Å². The van der Waals surface area contributed by atoms with E-state index in [1.807, 2.05) is 0 Å². The second kappa shape index (κ2) is 7.63. The van der Waals surface area contributed by atoms with Crippen LogP contribution >= 0.6 is 0 Å². The van der Waals surface area contributed by atoms with Gasteiger partial charge >= 0.3 is 6.18 Å². The van der Waals surface area contributed by atoms with Crippen molar-refractivity contribution in [2.45, 2.75) is 26.9 Å². The number of halogens is 3. The maximum atomic E-state index is 13.0. The number of amides is 2. The van der Waals surface area contributed by atoms with E-state index < -0.39 is 23.6 Å². The highest BCUT2D eigenvalue weighted by atomic mass is 19.4. The van der Waals surface area contributed by atoms with Crippen LogP contribution in [-0.4, -0.2) is 29.8 Å². The van der Waals surface area contributed by atoms with Crippen molar-refractivity contribution in [3.8, 4) is 0 Å². The van der Waals surface area contributed by atoms with Crippen molar-refractivity contribution >= 4 is 17.5 Å². The van der Waals surface area contributed by atoms with Crippen LogP contribution in [0.2, 0.25) is 0 Å². The second-order valence-corrected chi connectivity index (χ2v) is 5.74. The molecule has 1 aromatic carbocycles. The highest BCUT2D eigenvalue weighted by Gasteiger charge is 2.33. The number of anilines is 1. The van der Waals surface area contributed by atoms with Crippen molar-refractivity contribution in [2.24, 2.45) is 0 Å². The predicted octanol–water partition coefficient (Wildman–Crippen LogP) is 4.02. The van der Waals surface area contributed by atoms with Gasteiger partial charge in [0.25, 0.3) is 5.91 Å². The molecule has 0 radical (unpaired) electrons. The zero-order chi connectivity index (χ0) is 19.5. The average Bonchev–Trinajstić information content (AvgIpc) is 2.90. The summed E-state index contributed by atoms with van der Waals surface area (Å²) in [7, 11) is 0. The van der Waals surface area contributed by atoms with Gasteiger partial charge in [-0.25, -0.2) is 0 Å². The number of benzene rings is 1. The fourth-order valence-electron chi connectivity index (χ4n) is 2.54. The molecule has 0 atom stereocenters. The molecule has 2 rings (SSSR count). The van der Waals surface area contributed by atoms with Crippen LogP contribution in [-0.2, 0) is 11.0 Å². The Morgan fingerprint density at radius 1 is 1.19 bits per heavy atom. The standard InChI is InChI=1S/C18H19F3N2O3/c1-4-23(17(25)13-9-11(2)26-12(13)3)10-16(24)22-15-8-6-5-7-14(15)18(19,20)21/h5-9H,4,10H2,1-3H3,(H,22,24). The Morgan fingerprint density at radius 2 is 1.85 bits per heavy atom. The molecule has 0 aliphatic carbocycles. The van der Waals surface area contributed by atoms with Crippen LogP contribution in [0.4, 0.5) is 18.9 Å². The molecule has 26 heavy (non-hydrogen) atoms. The van der Waals surface area contributed by atoms with E-state index in [2.05, 4.69) is 5.32 Å². The van der Waals surface area contributed by atoms with Crippen LogP contribution in [0.5, 0.6) is 0 Å². The first-order valence-electron chi connectivity index (χ1n) is 7.95. The third-order valence-electron chi connectivity index (χ3n) is 3.78. The lowest BCUT2D eigenvalue weighted by atomic mass is 10.1. The molecule has 1 N–H and O–H groups in total. The molecule has 1 aromatic heterocycles. The number of nitrogens with zero attached hydrogens (tertiary/aromatic N) is 1. The maximum absolute atomic E-state index is 13.0. The Hall–Kier alpha value is -2.77. The number of para-hydroxylation sites is 1. The number of hydrogen-bond acceptors (Lipinski definition) is 3. The predicted molar refractivity (Wildman–Crippen MR) is 89.8 cm³/mol. The zero-order valence-corrected chi connectivity index (χ0v) is 14.6. The molecule has 0 bridgehead atoms. The highest BCUT2D eigenvalue weighted by Crippen LogP contribution is 2.34. The lowest BCUT2D eigenvalue weighted by Crippen LogP contribution is -2.38. The van der Waals surface area contributed by atoms with Crippen molar-refractivity contribution in [2.75, 3.05) is 18.4 Å². The van der Waals surface area contributed by atoms with Crippen LogP contribution in [0.3, 0.4) is 0 Å². The summed E-state index contributed by atoms with van der Waals surface area (Å²) in [5.41, 5.74) is -0.958. The lowest BCUT2D eigenvalue weighted by Gasteiger charge is -2.21. The molecular weight excluding hydrogens is 349 g/mol. The number of likely N-dealkylation sites (N-methyl/N-ethyl adjacent to an activating group) is 1. The Labute approximate surface area is 148 Å². The molecule has 0 saturated carbocycles. The van der Waals surface area contributed by atoms with Crippen molar-refractivity contribution in [3.63, 3.8) is 0 Å². The molecule has 0 aliphatic rings. The van der Waals surface area contributed by atoms with Crippen molar-refractivity contribution in [3.05, 3.63) is 53.0 Å². The van der Waals surface area contributed by atoms with E-state index in [0.717, 1.165) is 6.07 Å². The summed E-state index contributed by atoms with van der Waals surface area (Å²) in [4.78, 5) is 26.0. The largest absolute Gasteiger partial charge is 0.466 e. The summed E-state index contributed by atoms with van der Waals surface area (Å²) >= 11 is 0. The van der Waals surface area contributed by atoms with Gasteiger partial charge in [0.05, 0.1) is 16.8 Å². The van der Waals surface area contributed by atoms with Crippen LogP contribution in [0.15, 0.2) is 34.7 Å². The van der Waals surface area contributed by atoms with E-state index in [-0.39, 0.29) is 18.8 Å². The van der Waals surface area contributed by atoms with Gasteiger partial charge in [-0.15, -0.1) is 0 Å². The normalized spacial score (nSPS) is 11.3. The van der Waals surface area contributed by atoms with Crippen molar-refractivity contribution < 1.29 is 27.2 Å². The molecule has 0 aliphatic heterocycles. The van der Waals surface area contributed by atoms with Crippen LogP contribution in [0, 0.1) is 13.8 Å². The molecule has 0 saturated heterocycles. The van der Waals surface area contributed by atoms with Gasteiger partial charge in [-0.3, -0.25) is 9.59 Å². The van der Waals surface area contributed by atoms with Gasteiger partial charge in [0, 0.05) is 6.54 Å². The quantitative estimate of drug-likeness (QED) is 0.867. The minimum atomic E-state index is -4.59. The van der Waals surface area contributed by atoms with Gasteiger partial charge < -0.3 is 14.6 Å². The molecule has 0 spiro atoms. The Kier molecular flexibility index (Phi) is 5.74. The number of alkyl halides is 3. The number of carbonyl (C=O) groups excluding carboxylic acids is 2. The SMILES string of the molecule is CCN(CC(=O)Nc1ccccc1C(F)(F)F)C(=O)c1cc(C)oc1C. The first-order chi connectivity index (χ1) is 12.1. The number of carbonyl (C=O) groups is 2. The van der Waals surface area contributed by atoms with E-state index in [1.54, 1.807) is 26.8 Å². The van der Waals surface area contributed by atoms with Gasteiger partial charge in [0.15, 0.2) is 0 Å². The first-order valence-corrected chi connectivity index (χ1v) is 7.95. The molecule has 8 heteroatoms. The Balaban J connectivity index is 2.13. The van der Waals surface area contributed by atoms with Crippen molar-refractivity contribution in [1.82, 2.24) is 4.90 Å². The number of hydrogen-bond donors (Lipinski definition) is 1. The fourth-order valence-corrected chi connectivity index (χ4v) is 2.54. The molecule has 2 aromatic rings. The number of furan rings is 1. The summed E-state index contributed by atoms with van der Waals surface area (Å²) in [6.07, 6.45) is -4.59. The molecular formula is C18H19F3N2O3.